The highest BCUT2D eigenvalue weighted by Crippen LogP contribution is 2.42. The van der Waals surface area contributed by atoms with Gasteiger partial charge in [-0.3, -0.25) is 9.59 Å². The molecular weight excluding hydrogens is 332 g/mol. The molecule has 1 aliphatic carbocycles. The number of carbonyl (C=O) groups excluding carboxylic acids is 2. The minimum absolute atomic E-state index is 0.0972. The van der Waals surface area contributed by atoms with E-state index in [2.05, 4.69) is 20.4 Å². The number of likely N-dealkylation sites (tertiary alicyclic amines) is 2. The third kappa shape index (κ3) is 3.33. The van der Waals surface area contributed by atoms with Gasteiger partial charge in [-0.05, 0) is 42.5 Å². The first-order valence-corrected chi connectivity index (χ1v) is 9.98. The van der Waals surface area contributed by atoms with Crippen LogP contribution in [0, 0.1) is 5.41 Å². The van der Waals surface area contributed by atoms with Gasteiger partial charge in [-0.2, -0.15) is 0 Å². The summed E-state index contributed by atoms with van der Waals surface area (Å²) in [7, 11) is 0. The van der Waals surface area contributed by atoms with Gasteiger partial charge >= 0.3 is 0 Å². The van der Waals surface area contributed by atoms with Crippen LogP contribution in [0.15, 0.2) is 6.33 Å². The van der Waals surface area contributed by atoms with E-state index in [0.717, 1.165) is 38.6 Å². The molecule has 0 radical (unpaired) electrons. The molecule has 1 spiro atoms. The monoisotopic (exact) mass is 360 g/mol. The van der Waals surface area contributed by atoms with Crippen LogP contribution in [0.5, 0.6) is 0 Å². The number of piperidine rings is 1. The predicted molar refractivity (Wildman–Crippen MR) is 93.9 cm³/mol. The summed E-state index contributed by atoms with van der Waals surface area (Å²) in [4.78, 5) is 29.9. The van der Waals surface area contributed by atoms with Gasteiger partial charge in [0.2, 0.25) is 11.8 Å². The highest BCUT2D eigenvalue weighted by Gasteiger charge is 2.50. The van der Waals surface area contributed by atoms with Gasteiger partial charge in [0.15, 0.2) is 0 Å². The molecule has 2 saturated heterocycles. The molecule has 4 rings (SSSR count). The summed E-state index contributed by atoms with van der Waals surface area (Å²) in [5.74, 6) is 0.409. The van der Waals surface area contributed by atoms with Crippen molar-refractivity contribution in [2.24, 2.45) is 5.41 Å². The van der Waals surface area contributed by atoms with Crippen LogP contribution in [-0.2, 0) is 16.1 Å². The maximum absolute atomic E-state index is 13.3. The molecule has 0 N–H and O–H groups in total. The van der Waals surface area contributed by atoms with Crippen LogP contribution in [0.2, 0.25) is 0 Å². The Labute approximate surface area is 153 Å². The van der Waals surface area contributed by atoms with E-state index in [-0.39, 0.29) is 11.3 Å². The van der Waals surface area contributed by atoms with Crippen LogP contribution >= 0.6 is 0 Å². The lowest BCUT2D eigenvalue weighted by atomic mass is 9.77. The van der Waals surface area contributed by atoms with Crippen molar-refractivity contribution in [2.45, 2.75) is 70.4 Å². The average Bonchev–Trinajstić information content (AvgIpc) is 3.34. The highest BCUT2D eigenvalue weighted by molar-refractivity contribution is 5.86. The second kappa shape index (κ2) is 7.32. The summed E-state index contributed by atoms with van der Waals surface area (Å²) >= 11 is 0. The van der Waals surface area contributed by atoms with Crippen molar-refractivity contribution in [3.05, 3.63) is 6.33 Å². The zero-order chi connectivity index (χ0) is 18.0. The van der Waals surface area contributed by atoms with E-state index >= 15 is 0 Å². The third-order valence-electron chi connectivity index (χ3n) is 6.44. The molecule has 8 heteroatoms. The quantitative estimate of drug-likeness (QED) is 0.806. The number of tetrazole rings is 1. The van der Waals surface area contributed by atoms with Gasteiger partial charge in [0.05, 0.1) is 12.0 Å². The first kappa shape index (κ1) is 17.4. The molecular formula is C18H28N6O2. The van der Waals surface area contributed by atoms with Gasteiger partial charge < -0.3 is 9.80 Å². The Bertz CT molecular complexity index is 642. The third-order valence-corrected chi connectivity index (χ3v) is 6.44. The van der Waals surface area contributed by atoms with Gasteiger partial charge in [-0.15, -0.1) is 5.10 Å². The van der Waals surface area contributed by atoms with Gasteiger partial charge in [-0.1, -0.05) is 19.3 Å². The summed E-state index contributed by atoms with van der Waals surface area (Å²) in [5, 5.41) is 11.0. The maximum Gasteiger partial charge on any atom is 0.230 e. The number of carbonyl (C=O) groups is 2. The summed E-state index contributed by atoms with van der Waals surface area (Å²) in [6.45, 7) is 2.66. The van der Waals surface area contributed by atoms with E-state index < -0.39 is 0 Å². The molecule has 1 aromatic heterocycles. The smallest absolute Gasteiger partial charge is 0.230 e. The molecule has 3 fully saturated rings. The van der Waals surface area contributed by atoms with E-state index in [1.807, 2.05) is 4.90 Å². The molecule has 142 valence electrons. The molecule has 0 bridgehead atoms. The summed E-state index contributed by atoms with van der Waals surface area (Å²) in [6, 6.07) is 0.429. The Balaban J connectivity index is 1.37. The lowest BCUT2D eigenvalue weighted by molar-refractivity contribution is -0.149. The zero-order valence-electron chi connectivity index (χ0n) is 15.3. The van der Waals surface area contributed by atoms with Crippen molar-refractivity contribution >= 4 is 11.8 Å². The molecule has 0 aromatic carbocycles. The Hall–Kier alpha value is -1.99. The molecule has 2 aliphatic heterocycles. The van der Waals surface area contributed by atoms with Crippen molar-refractivity contribution in [3.63, 3.8) is 0 Å². The fourth-order valence-corrected chi connectivity index (χ4v) is 4.96. The van der Waals surface area contributed by atoms with Gasteiger partial charge in [0, 0.05) is 32.1 Å². The molecule has 26 heavy (non-hydrogen) atoms. The first-order chi connectivity index (χ1) is 12.7. The van der Waals surface area contributed by atoms with Crippen LogP contribution < -0.4 is 0 Å². The molecule has 1 unspecified atom stereocenters. The van der Waals surface area contributed by atoms with Crippen LogP contribution in [0.3, 0.4) is 0 Å². The minimum Gasteiger partial charge on any atom is -0.342 e. The number of amides is 2. The molecule has 3 aliphatic rings. The number of hydrogen-bond acceptors (Lipinski definition) is 5. The number of aromatic nitrogens is 4. The van der Waals surface area contributed by atoms with E-state index in [1.165, 1.54) is 25.6 Å². The van der Waals surface area contributed by atoms with Crippen molar-refractivity contribution in [3.8, 4) is 0 Å². The second-order valence-corrected chi connectivity index (χ2v) is 8.06. The number of rotatable bonds is 4. The zero-order valence-corrected chi connectivity index (χ0v) is 15.3. The molecule has 8 nitrogen and oxygen atoms in total. The number of nitrogens with zero attached hydrogens (tertiary/aromatic N) is 6. The van der Waals surface area contributed by atoms with Crippen LogP contribution in [0.1, 0.15) is 57.8 Å². The van der Waals surface area contributed by atoms with Gasteiger partial charge in [0.25, 0.3) is 0 Å². The molecule has 3 heterocycles. The fourth-order valence-electron chi connectivity index (χ4n) is 4.96. The standard InChI is InChI=1S/C18H28N6O2/c25-16(7-11-23-14-19-20-21-23)22-12-9-18(13-22)8-4-10-24(17(18)26)15-5-2-1-3-6-15/h14-15H,1-13H2. The molecule has 1 atom stereocenters. The Morgan fingerprint density at radius 3 is 2.77 bits per heavy atom. The van der Waals surface area contributed by atoms with Crippen molar-refractivity contribution in [1.29, 1.82) is 0 Å². The Morgan fingerprint density at radius 1 is 1.15 bits per heavy atom. The topological polar surface area (TPSA) is 84.2 Å². The number of hydrogen-bond donors (Lipinski definition) is 0. The fraction of sp³-hybridized carbons (Fsp3) is 0.833. The highest BCUT2D eigenvalue weighted by atomic mass is 16.2. The van der Waals surface area contributed by atoms with Crippen molar-refractivity contribution in [2.75, 3.05) is 19.6 Å². The van der Waals surface area contributed by atoms with E-state index in [0.29, 0.717) is 38.0 Å². The number of aryl methyl sites for hydroxylation is 1. The Morgan fingerprint density at radius 2 is 2.00 bits per heavy atom. The molecule has 1 saturated carbocycles. The lowest BCUT2D eigenvalue weighted by Gasteiger charge is -2.44. The van der Waals surface area contributed by atoms with Crippen LogP contribution in [0.25, 0.3) is 0 Å². The SMILES string of the molecule is O=C(CCn1cnnn1)N1CCC2(CCCN(C3CCCCC3)C2=O)C1. The lowest BCUT2D eigenvalue weighted by Crippen LogP contribution is -2.54. The van der Waals surface area contributed by atoms with Gasteiger partial charge in [-0.25, -0.2) is 4.68 Å². The van der Waals surface area contributed by atoms with E-state index in [1.54, 1.807) is 4.68 Å². The molecule has 2 amide bonds. The maximum atomic E-state index is 13.3. The first-order valence-electron chi connectivity index (χ1n) is 9.98. The Kier molecular flexibility index (Phi) is 4.91. The van der Waals surface area contributed by atoms with E-state index in [9.17, 15) is 9.59 Å². The largest absolute Gasteiger partial charge is 0.342 e. The van der Waals surface area contributed by atoms with Crippen LogP contribution in [-0.4, -0.2) is 67.5 Å². The summed E-state index contributed by atoms with van der Waals surface area (Å²) < 4.78 is 1.57. The van der Waals surface area contributed by atoms with Crippen LogP contribution in [0.4, 0.5) is 0 Å². The van der Waals surface area contributed by atoms with Gasteiger partial charge in [0.1, 0.15) is 6.33 Å². The van der Waals surface area contributed by atoms with Crippen molar-refractivity contribution in [1.82, 2.24) is 30.0 Å². The second-order valence-electron chi connectivity index (χ2n) is 8.06. The molecule has 1 aromatic rings. The minimum atomic E-state index is -0.333. The van der Waals surface area contributed by atoms with E-state index in [4.69, 9.17) is 0 Å². The predicted octanol–water partition coefficient (Wildman–Crippen LogP) is 1.24. The summed E-state index contributed by atoms with van der Waals surface area (Å²) in [5.41, 5.74) is -0.333. The average molecular weight is 360 g/mol. The normalized spacial score (nSPS) is 27.5. The summed E-state index contributed by atoms with van der Waals surface area (Å²) in [6.07, 6.45) is 10.8. The van der Waals surface area contributed by atoms with Crippen molar-refractivity contribution < 1.29 is 9.59 Å².